The number of ether oxygens (including phenoxy) is 2. The molecule has 2 aliphatic rings. The summed E-state index contributed by atoms with van der Waals surface area (Å²) < 4.78 is 36.0. The lowest BCUT2D eigenvalue weighted by molar-refractivity contribution is -0.132. The highest BCUT2D eigenvalue weighted by Gasteiger charge is 2.44. The lowest BCUT2D eigenvalue weighted by Crippen LogP contribution is -2.49. The van der Waals surface area contributed by atoms with Gasteiger partial charge >= 0.3 is 0 Å². The van der Waals surface area contributed by atoms with Crippen molar-refractivity contribution >= 4 is 9.84 Å². The minimum absolute atomic E-state index is 0.190. The van der Waals surface area contributed by atoms with Crippen LogP contribution in [0.4, 0.5) is 0 Å². The van der Waals surface area contributed by atoms with E-state index in [1.165, 1.54) is 0 Å². The van der Waals surface area contributed by atoms with Crippen LogP contribution in [-0.2, 0) is 19.3 Å². The Hall–Kier alpha value is -0.170. The summed E-state index contributed by atoms with van der Waals surface area (Å²) in [6.07, 6.45) is 2.80. The van der Waals surface area contributed by atoms with E-state index >= 15 is 0 Å². The second-order valence-corrected chi connectivity index (χ2v) is 8.04. The Morgan fingerprint density at radius 1 is 1.33 bits per heavy atom. The van der Waals surface area contributed by atoms with E-state index in [0.29, 0.717) is 32.7 Å². The lowest BCUT2D eigenvalue weighted by Gasteiger charge is -2.43. The first-order chi connectivity index (χ1) is 8.50. The smallest absolute Gasteiger partial charge is 0.157 e. The van der Waals surface area contributed by atoms with Crippen LogP contribution in [0.1, 0.15) is 32.6 Å². The van der Waals surface area contributed by atoms with Gasteiger partial charge in [-0.05, 0) is 32.6 Å². The molecule has 2 rings (SSSR count). The maximum atomic E-state index is 12.4. The standard InChI is InChI=1S/C12H23NO4S/c1-10(9-13)18(14,15)11-2-5-17-12(8-11)3-6-16-7-4-12/h10-11H,2-9,13H2,1H3. The molecule has 0 aromatic rings. The fraction of sp³-hybridized carbons (Fsp3) is 1.00. The second kappa shape index (κ2) is 5.45. The molecule has 0 aliphatic carbocycles. The normalized spacial score (nSPS) is 30.2. The maximum Gasteiger partial charge on any atom is 0.157 e. The Balaban J connectivity index is 2.11. The first-order valence-electron chi connectivity index (χ1n) is 6.65. The fourth-order valence-corrected chi connectivity index (χ4v) is 4.70. The molecule has 2 N–H and O–H groups in total. The van der Waals surface area contributed by atoms with Gasteiger partial charge in [-0.2, -0.15) is 0 Å². The first-order valence-corrected chi connectivity index (χ1v) is 8.26. The summed E-state index contributed by atoms with van der Waals surface area (Å²) in [5.74, 6) is 0. The van der Waals surface area contributed by atoms with Crippen molar-refractivity contribution in [2.24, 2.45) is 5.73 Å². The third kappa shape index (κ3) is 2.71. The van der Waals surface area contributed by atoms with Gasteiger partial charge in [0.2, 0.25) is 0 Å². The maximum absolute atomic E-state index is 12.4. The van der Waals surface area contributed by atoms with E-state index < -0.39 is 15.1 Å². The van der Waals surface area contributed by atoms with Gasteiger partial charge in [0, 0.05) is 26.4 Å². The minimum atomic E-state index is -3.13. The van der Waals surface area contributed by atoms with Crippen molar-refractivity contribution in [3.05, 3.63) is 0 Å². The number of sulfone groups is 1. The highest BCUT2D eigenvalue weighted by Crippen LogP contribution is 2.37. The second-order valence-electron chi connectivity index (χ2n) is 5.39. The topological polar surface area (TPSA) is 78.6 Å². The average Bonchev–Trinajstić information content (AvgIpc) is 2.38. The van der Waals surface area contributed by atoms with E-state index in [0.717, 1.165) is 12.8 Å². The monoisotopic (exact) mass is 277 g/mol. The zero-order valence-electron chi connectivity index (χ0n) is 10.9. The predicted molar refractivity (Wildman–Crippen MR) is 69.2 cm³/mol. The van der Waals surface area contributed by atoms with Gasteiger partial charge in [0.25, 0.3) is 0 Å². The third-order valence-electron chi connectivity index (χ3n) is 4.21. The minimum Gasteiger partial charge on any atom is -0.381 e. The number of hydrogen-bond donors (Lipinski definition) is 1. The van der Waals surface area contributed by atoms with Gasteiger partial charge in [-0.1, -0.05) is 0 Å². The zero-order chi connectivity index (χ0) is 13.2. The predicted octanol–water partition coefficient (Wildman–Crippen LogP) is 0.477. The third-order valence-corrected chi connectivity index (χ3v) is 6.85. The van der Waals surface area contributed by atoms with Crippen molar-refractivity contribution in [1.29, 1.82) is 0 Å². The molecule has 0 saturated carbocycles. The summed E-state index contributed by atoms with van der Waals surface area (Å²) in [6, 6.07) is 0. The average molecular weight is 277 g/mol. The van der Waals surface area contributed by atoms with Crippen molar-refractivity contribution in [2.45, 2.75) is 48.7 Å². The van der Waals surface area contributed by atoms with E-state index in [2.05, 4.69) is 0 Å². The Kier molecular flexibility index (Phi) is 4.31. The Morgan fingerprint density at radius 3 is 2.61 bits per heavy atom. The molecule has 2 atom stereocenters. The Bertz CT molecular complexity index is 370. The number of hydrogen-bond acceptors (Lipinski definition) is 5. The van der Waals surface area contributed by atoms with Crippen molar-refractivity contribution in [2.75, 3.05) is 26.4 Å². The molecule has 106 valence electrons. The molecule has 2 fully saturated rings. The summed E-state index contributed by atoms with van der Waals surface area (Å²) >= 11 is 0. The molecular weight excluding hydrogens is 254 g/mol. The molecule has 1 spiro atoms. The summed E-state index contributed by atoms with van der Waals surface area (Å²) in [7, 11) is -3.13. The van der Waals surface area contributed by atoms with Gasteiger partial charge in [-0.25, -0.2) is 8.42 Å². The molecule has 0 radical (unpaired) electrons. The quantitative estimate of drug-likeness (QED) is 0.811. The molecule has 2 saturated heterocycles. The van der Waals surface area contributed by atoms with E-state index in [1.54, 1.807) is 6.92 Å². The lowest BCUT2D eigenvalue weighted by atomic mass is 9.86. The van der Waals surface area contributed by atoms with E-state index in [4.69, 9.17) is 15.2 Å². The van der Waals surface area contributed by atoms with Crippen molar-refractivity contribution < 1.29 is 17.9 Å². The van der Waals surface area contributed by atoms with Crippen molar-refractivity contribution in [3.63, 3.8) is 0 Å². The van der Waals surface area contributed by atoms with Crippen LogP contribution in [0.3, 0.4) is 0 Å². The highest BCUT2D eigenvalue weighted by molar-refractivity contribution is 7.92. The van der Waals surface area contributed by atoms with E-state index in [1.807, 2.05) is 0 Å². The van der Waals surface area contributed by atoms with Crippen molar-refractivity contribution in [1.82, 2.24) is 0 Å². The molecular formula is C12H23NO4S. The Labute approximate surface area is 109 Å². The van der Waals surface area contributed by atoms with Crippen LogP contribution in [0.25, 0.3) is 0 Å². The summed E-state index contributed by atoms with van der Waals surface area (Å²) in [5.41, 5.74) is 5.23. The molecule has 2 heterocycles. The zero-order valence-corrected chi connectivity index (χ0v) is 11.7. The van der Waals surface area contributed by atoms with Crippen LogP contribution in [0.2, 0.25) is 0 Å². The molecule has 2 unspecified atom stereocenters. The Morgan fingerprint density at radius 2 is 2.00 bits per heavy atom. The molecule has 0 amide bonds. The van der Waals surface area contributed by atoms with Gasteiger partial charge in [-0.3, -0.25) is 0 Å². The molecule has 2 aliphatic heterocycles. The molecule has 6 heteroatoms. The van der Waals surface area contributed by atoms with Gasteiger partial charge < -0.3 is 15.2 Å². The summed E-state index contributed by atoms with van der Waals surface area (Å²) in [4.78, 5) is 0. The summed E-state index contributed by atoms with van der Waals surface area (Å²) in [5, 5.41) is -0.764. The van der Waals surface area contributed by atoms with Crippen LogP contribution in [0, 0.1) is 0 Å². The fourth-order valence-electron chi connectivity index (χ4n) is 2.82. The highest BCUT2D eigenvalue weighted by atomic mass is 32.2. The van der Waals surface area contributed by atoms with Crippen LogP contribution in [-0.4, -0.2) is 50.9 Å². The SMILES string of the molecule is CC(CN)S(=O)(=O)C1CCOC2(CCOCC2)C1. The van der Waals surface area contributed by atoms with Crippen LogP contribution >= 0.6 is 0 Å². The van der Waals surface area contributed by atoms with Gasteiger partial charge in [-0.15, -0.1) is 0 Å². The molecule has 5 nitrogen and oxygen atoms in total. The van der Waals surface area contributed by atoms with Gasteiger partial charge in [0.15, 0.2) is 9.84 Å². The first kappa shape index (κ1) is 14.2. The van der Waals surface area contributed by atoms with Crippen LogP contribution in [0.5, 0.6) is 0 Å². The van der Waals surface area contributed by atoms with Gasteiger partial charge in [0.05, 0.1) is 16.1 Å². The molecule has 0 bridgehead atoms. The summed E-state index contributed by atoms with van der Waals surface area (Å²) in [6.45, 7) is 3.75. The van der Waals surface area contributed by atoms with E-state index in [9.17, 15) is 8.42 Å². The molecule has 0 aromatic heterocycles. The number of nitrogens with two attached hydrogens (primary N) is 1. The molecule has 18 heavy (non-hydrogen) atoms. The molecule has 0 aromatic carbocycles. The van der Waals surface area contributed by atoms with Crippen LogP contribution < -0.4 is 5.73 Å². The number of rotatable bonds is 3. The largest absolute Gasteiger partial charge is 0.381 e. The van der Waals surface area contributed by atoms with Crippen molar-refractivity contribution in [3.8, 4) is 0 Å². The van der Waals surface area contributed by atoms with Crippen LogP contribution in [0.15, 0.2) is 0 Å². The van der Waals surface area contributed by atoms with E-state index in [-0.39, 0.29) is 17.4 Å². The van der Waals surface area contributed by atoms with Gasteiger partial charge in [0.1, 0.15) is 0 Å².